The quantitative estimate of drug-likeness (QED) is 0.679. The third-order valence-corrected chi connectivity index (χ3v) is 5.03. The Balaban J connectivity index is 1.34. The average Bonchev–Trinajstić information content (AvgIpc) is 3.10. The summed E-state index contributed by atoms with van der Waals surface area (Å²) in [5.41, 5.74) is 2.52. The normalized spacial score (nSPS) is 15.9. The SMILES string of the molecule is Cn1cc(CN2CCC(Cn3cnc(-c4cccnc4)cc3=O)CC2)nn1. The predicted molar refractivity (Wildman–Crippen MR) is 101 cm³/mol. The highest BCUT2D eigenvalue weighted by atomic mass is 16.1. The third kappa shape index (κ3) is 4.28. The van der Waals surface area contributed by atoms with Crippen molar-refractivity contribution in [2.75, 3.05) is 13.1 Å². The summed E-state index contributed by atoms with van der Waals surface area (Å²) in [6, 6.07) is 5.35. The van der Waals surface area contributed by atoms with E-state index in [-0.39, 0.29) is 5.56 Å². The van der Waals surface area contributed by atoms with Gasteiger partial charge in [0, 0.05) is 50.4 Å². The van der Waals surface area contributed by atoms with Crippen molar-refractivity contribution >= 4 is 0 Å². The van der Waals surface area contributed by atoms with Gasteiger partial charge in [0.25, 0.3) is 5.56 Å². The summed E-state index contributed by atoms with van der Waals surface area (Å²) < 4.78 is 3.46. The Morgan fingerprint density at radius 3 is 2.78 bits per heavy atom. The largest absolute Gasteiger partial charge is 0.299 e. The van der Waals surface area contributed by atoms with Crippen LogP contribution in [0.3, 0.4) is 0 Å². The fourth-order valence-corrected chi connectivity index (χ4v) is 3.54. The van der Waals surface area contributed by atoms with Gasteiger partial charge in [-0.25, -0.2) is 4.98 Å². The Bertz CT molecular complexity index is 942. The topological polar surface area (TPSA) is 81.7 Å². The molecular weight excluding hydrogens is 342 g/mol. The van der Waals surface area contributed by atoms with Crippen LogP contribution in [0.2, 0.25) is 0 Å². The molecule has 0 aromatic carbocycles. The molecule has 8 nitrogen and oxygen atoms in total. The van der Waals surface area contributed by atoms with Crippen molar-refractivity contribution in [2.45, 2.75) is 25.9 Å². The molecule has 1 saturated heterocycles. The van der Waals surface area contributed by atoms with Crippen LogP contribution in [-0.4, -0.2) is 47.5 Å². The molecule has 4 heterocycles. The Hall–Kier alpha value is -2.87. The van der Waals surface area contributed by atoms with Gasteiger partial charge in [-0.05, 0) is 44.0 Å². The fraction of sp³-hybridized carbons (Fsp3) is 0.421. The summed E-state index contributed by atoms with van der Waals surface area (Å²) in [7, 11) is 1.88. The summed E-state index contributed by atoms with van der Waals surface area (Å²) in [4.78, 5) is 23.4. The minimum absolute atomic E-state index is 0.00848. The van der Waals surface area contributed by atoms with E-state index in [4.69, 9.17) is 0 Å². The number of hydrogen-bond acceptors (Lipinski definition) is 6. The molecule has 0 aliphatic carbocycles. The van der Waals surface area contributed by atoms with Gasteiger partial charge < -0.3 is 0 Å². The lowest BCUT2D eigenvalue weighted by Crippen LogP contribution is -2.36. The van der Waals surface area contributed by atoms with Gasteiger partial charge in [-0.1, -0.05) is 5.21 Å². The number of nitrogens with zero attached hydrogens (tertiary/aromatic N) is 7. The number of piperidine rings is 1. The maximum atomic E-state index is 12.5. The summed E-state index contributed by atoms with van der Waals surface area (Å²) in [5.74, 6) is 0.492. The molecule has 8 heteroatoms. The van der Waals surface area contributed by atoms with Gasteiger partial charge in [-0.15, -0.1) is 5.10 Å². The Labute approximate surface area is 157 Å². The van der Waals surface area contributed by atoms with E-state index in [0.29, 0.717) is 11.6 Å². The Morgan fingerprint density at radius 2 is 2.11 bits per heavy atom. The van der Waals surface area contributed by atoms with Crippen LogP contribution in [0.15, 0.2) is 47.9 Å². The van der Waals surface area contributed by atoms with Gasteiger partial charge >= 0.3 is 0 Å². The third-order valence-electron chi connectivity index (χ3n) is 5.03. The zero-order chi connectivity index (χ0) is 18.6. The van der Waals surface area contributed by atoms with Crippen LogP contribution in [0.4, 0.5) is 0 Å². The lowest BCUT2D eigenvalue weighted by Gasteiger charge is -2.31. The summed E-state index contributed by atoms with van der Waals surface area (Å²) in [6.45, 7) is 3.58. The molecule has 3 aromatic heterocycles. The van der Waals surface area contributed by atoms with Crippen molar-refractivity contribution in [3.63, 3.8) is 0 Å². The number of hydrogen-bond donors (Lipinski definition) is 0. The van der Waals surface area contributed by atoms with Crippen molar-refractivity contribution in [1.82, 2.24) is 34.4 Å². The molecule has 0 amide bonds. The highest BCUT2D eigenvalue weighted by Gasteiger charge is 2.21. The zero-order valence-corrected chi connectivity index (χ0v) is 15.4. The molecule has 0 radical (unpaired) electrons. The van der Waals surface area contributed by atoms with Crippen molar-refractivity contribution in [1.29, 1.82) is 0 Å². The van der Waals surface area contributed by atoms with Gasteiger partial charge in [-0.2, -0.15) is 0 Å². The second-order valence-corrected chi connectivity index (χ2v) is 7.11. The second-order valence-electron chi connectivity index (χ2n) is 7.11. The molecular formula is C19H23N7O. The second kappa shape index (κ2) is 7.79. The summed E-state index contributed by atoms with van der Waals surface area (Å²) in [5, 5.41) is 8.14. The molecule has 0 saturated carbocycles. The number of rotatable bonds is 5. The van der Waals surface area contributed by atoms with Crippen LogP contribution < -0.4 is 5.56 Å². The van der Waals surface area contributed by atoms with Crippen LogP contribution in [-0.2, 0) is 20.1 Å². The molecule has 1 aliphatic rings. The molecule has 27 heavy (non-hydrogen) atoms. The van der Waals surface area contributed by atoms with Crippen molar-refractivity contribution in [3.8, 4) is 11.3 Å². The molecule has 0 N–H and O–H groups in total. The zero-order valence-electron chi connectivity index (χ0n) is 15.4. The van der Waals surface area contributed by atoms with E-state index in [2.05, 4.69) is 25.2 Å². The Morgan fingerprint density at radius 1 is 1.26 bits per heavy atom. The molecule has 0 bridgehead atoms. The van der Waals surface area contributed by atoms with Gasteiger partial charge in [0.05, 0.1) is 17.7 Å². The number of aryl methyl sites for hydroxylation is 1. The fourth-order valence-electron chi connectivity index (χ4n) is 3.54. The van der Waals surface area contributed by atoms with Gasteiger partial charge in [0.2, 0.25) is 0 Å². The van der Waals surface area contributed by atoms with Crippen molar-refractivity contribution in [2.24, 2.45) is 13.0 Å². The smallest absolute Gasteiger partial charge is 0.253 e. The van der Waals surface area contributed by atoms with Crippen molar-refractivity contribution in [3.05, 3.63) is 59.2 Å². The van der Waals surface area contributed by atoms with Gasteiger partial charge in [-0.3, -0.25) is 23.9 Å². The number of likely N-dealkylation sites (tertiary alicyclic amines) is 1. The van der Waals surface area contributed by atoms with E-state index in [0.717, 1.165) is 50.3 Å². The molecule has 4 rings (SSSR count). The molecule has 0 spiro atoms. The van der Waals surface area contributed by atoms with Gasteiger partial charge in [0.15, 0.2) is 0 Å². The standard InChI is InChI=1S/C19H23N7O/c1-24-12-17(22-23-24)13-25-7-4-15(5-8-25)11-26-14-21-18(9-19(26)27)16-3-2-6-20-10-16/h2-3,6,9-10,12,14-15H,4-5,7-8,11,13H2,1H3. The molecule has 0 atom stereocenters. The van der Waals surface area contributed by atoms with E-state index < -0.39 is 0 Å². The van der Waals surface area contributed by atoms with Gasteiger partial charge in [0.1, 0.15) is 0 Å². The highest BCUT2D eigenvalue weighted by molar-refractivity contribution is 5.56. The first-order valence-corrected chi connectivity index (χ1v) is 9.22. The van der Waals surface area contributed by atoms with Crippen LogP contribution in [0.25, 0.3) is 11.3 Å². The Kier molecular flexibility index (Phi) is 5.06. The van der Waals surface area contributed by atoms with Crippen LogP contribution in [0.1, 0.15) is 18.5 Å². The molecule has 1 fully saturated rings. The predicted octanol–water partition coefficient (Wildman–Crippen LogP) is 1.35. The van der Waals surface area contributed by atoms with Crippen molar-refractivity contribution < 1.29 is 0 Å². The molecule has 3 aromatic rings. The minimum Gasteiger partial charge on any atom is -0.299 e. The number of pyridine rings is 1. The molecule has 0 unspecified atom stereocenters. The lowest BCUT2D eigenvalue weighted by atomic mass is 9.96. The van der Waals surface area contributed by atoms with E-state index >= 15 is 0 Å². The monoisotopic (exact) mass is 365 g/mol. The lowest BCUT2D eigenvalue weighted by molar-refractivity contribution is 0.164. The maximum absolute atomic E-state index is 12.5. The number of aromatic nitrogens is 6. The molecule has 140 valence electrons. The first-order chi connectivity index (χ1) is 13.2. The van der Waals surface area contributed by atoms with Crippen LogP contribution in [0.5, 0.6) is 0 Å². The van der Waals surface area contributed by atoms with E-state index in [9.17, 15) is 4.79 Å². The first kappa shape index (κ1) is 17.5. The van der Waals surface area contributed by atoms with E-state index in [1.165, 1.54) is 0 Å². The van der Waals surface area contributed by atoms with E-state index in [1.807, 2.05) is 25.4 Å². The maximum Gasteiger partial charge on any atom is 0.253 e. The van der Waals surface area contributed by atoms with Crippen LogP contribution in [0, 0.1) is 5.92 Å². The summed E-state index contributed by atoms with van der Waals surface area (Å²) in [6.07, 6.45) is 9.19. The van der Waals surface area contributed by atoms with E-state index in [1.54, 1.807) is 34.0 Å². The summed E-state index contributed by atoms with van der Waals surface area (Å²) >= 11 is 0. The average molecular weight is 365 g/mol. The van der Waals surface area contributed by atoms with Crippen LogP contribution >= 0.6 is 0 Å². The highest BCUT2D eigenvalue weighted by Crippen LogP contribution is 2.20. The first-order valence-electron chi connectivity index (χ1n) is 9.22. The molecule has 1 aliphatic heterocycles. The minimum atomic E-state index is -0.00848.